The lowest BCUT2D eigenvalue weighted by Crippen LogP contribution is -2.36. The highest BCUT2D eigenvalue weighted by Crippen LogP contribution is 2.49. The Morgan fingerprint density at radius 2 is 1.26 bits per heavy atom. The van der Waals surface area contributed by atoms with E-state index in [-0.39, 0.29) is 4.75 Å². The first-order valence-corrected chi connectivity index (χ1v) is 13.4. The quantitative estimate of drug-likeness (QED) is 0.274. The largest absolute Gasteiger partial charge is 0.121 e. The van der Waals surface area contributed by atoms with Gasteiger partial charge in [-0.25, -0.2) is 0 Å². The van der Waals surface area contributed by atoms with Gasteiger partial charge in [-0.1, -0.05) is 86.3 Å². The van der Waals surface area contributed by atoms with Crippen LogP contribution >= 0.6 is 35.3 Å². The second-order valence-electron chi connectivity index (χ2n) is 8.09. The molecule has 0 aromatic heterocycles. The second-order valence-corrected chi connectivity index (χ2v) is 12.2. The summed E-state index contributed by atoms with van der Waals surface area (Å²) in [6.07, 6.45) is 3.47. The Balaban J connectivity index is 1.92. The first-order valence-electron chi connectivity index (χ1n) is 10.9. The lowest BCUT2D eigenvalue weighted by molar-refractivity contribution is 0.554. The summed E-state index contributed by atoms with van der Waals surface area (Å²) in [5, 5.41) is 0.411. The van der Waals surface area contributed by atoms with Crippen LogP contribution in [0.25, 0.3) is 0 Å². The van der Waals surface area contributed by atoms with Gasteiger partial charge in [-0.2, -0.15) is 0 Å². The highest BCUT2D eigenvalue weighted by atomic mass is 32.2. The molecule has 0 radical (unpaired) electrons. The molecule has 0 unspecified atom stereocenters. The molecular weight excluding hydrogens is 433 g/mol. The summed E-state index contributed by atoms with van der Waals surface area (Å²) in [4.78, 5) is 5.44. The zero-order valence-electron chi connectivity index (χ0n) is 18.8. The van der Waals surface area contributed by atoms with E-state index < -0.39 is 0 Å². The molecule has 0 aliphatic heterocycles. The Morgan fingerprint density at radius 3 is 1.77 bits per heavy atom. The minimum absolute atomic E-state index is 0.0470. The molecule has 0 heterocycles. The number of benzene rings is 3. The van der Waals surface area contributed by atoms with Gasteiger partial charge in [0.2, 0.25) is 0 Å². The van der Waals surface area contributed by atoms with Crippen molar-refractivity contribution in [2.75, 3.05) is 0 Å². The Kier molecular flexibility index (Phi) is 9.25. The third kappa shape index (κ3) is 7.24. The van der Waals surface area contributed by atoms with E-state index in [4.69, 9.17) is 0 Å². The monoisotopic (exact) mass is 464 g/mol. The highest BCUT2D eigenvalue weighted by Gasteiger charge is 2.37. The summed E-state index contributed by atoms with van der Waals surface area (Å²) in [6.45, 7) is 9.45. The van der Waals surface area contributed by atoms with Crippen molar-refractivity contribution in [1.82, 2.24) is 0 Å². The smallest absolute Gasteiger partial charge is 0.0311 e. The van der Waals surface area contributed by atoms with Gasteiger partial charge in [-0.15, -0.1) is 23.5 Å². The van der Waals surface area contributed by atoms with Crippen molar-refractivity contribution in [3.05, 3.63) is 102 Å². The summed E-state index contributed by atoms with van der Waals surface area (Å²) in [7, 11) is 0. The van der Waals surface area contributed by atoms with E-state index in [1.54, 1.807) is 0 Å². The molecule has 0 bridgehead atoms. The summed E-state index contributed by atoms with van der Waals surface area (Å²) in [5.74, 6) is 0.418. The van der Waals surface area contributed by atoms with Crippen LogP contribution in [0.4, 0.5) is 0 Å². The van der Waals surface area contributed by atoms with Crippen molar-refractivity contribution >= 4 is 35.3 Å². The van der Waals surface area contributed by atoms with Crippen molar-refractivity contribution in [3.63, 3.8) is 0 Å². The van der Waals surface area contributed by atoms with E-state index in [9.17, 15) is 0 Å². The molecule has 31 heavy (non-hydrogen) atoms. The average Bonchev–Trinajstić information content (AvgIpc) is 2.78. The van der Waals surface area contributed by atoms with E-state index in [0.717, 1.165) is 6.42 Å². The molecule has 3 aromatic rings. The summed E-state index contributed by atoms with van der Waals surface area (Å²) in [6, 6.07) is 32.4. The average molecular weight is 465 g/mol. The van der Waals surface area contributed by atoms with E-state index in [1.165, 1.54) is 19.6 Å². The van der Waals surface area contributed by atoms with E-state index >= 15 is 0 Å². The van der Waals surface area contributed by atoms with Gasteiger partial charge in [-0.3, -0.25) is 0 Å². The van der Waals surface area contributed by atoms with Gasteiger partial charge < -0.3 is 0 Å². The van der Waals surface area contributed by atoms with Crippen molar-refractivity contribution in [2.45, 2.75) is 58.8 Å². The van der Waals surface area contributed by atoms with Crippen LogP contribution in [-0.2, 0) is 0 Å². The number of hydrogen-bond donors (Lipinski definition) is 0. The number of thioether (sulfide) groups is 3. The van der Waals surface area contributed by atoms with Crippen LogP contribution in [0.2, 0.25) is 0 Å². The van der Waals surface area contributed by atoms with E-state index in [2.05, 4.69) is 125 Å². The van der Waals surface area contributed by atoms with Gasteiger partial charge in [0.25, 0.3) is 0 Å². The summed E-state index contributed by atoms with van der Waals surface area (Å²) in [5.41, 5.74) is 0. The molecule has 0 saturated carbocycles. The fourth-order valence-electron chi connectivity index (χ4n) is 3.64. The summed E-state index contributed by atoms with van der Waals surface area (Å²) >= 11 is 5.92. The molecule has 0 aliphatic rings. The molecule has 0 spiro atoms. The third-order valence-corrected chi connectivity index (χ3v) is 9.62. The fourth-order valence-corrected chi connectivity index (χ4v) is 7.61. The molecule has 0 saturated heterocycles. The molecule has 0 amide bonds. The van der Waals surface area contributed by atoms with Gasteiger partial charge in [-0.05, 0) is 61.6 Å². The predicted molar refractivity (Wildman–Crippen MR) is 142 cm³/mol. The molecule has 3 rings (SSSR count). The predicted octanol–water partition coefficient (Wildman–Crippen LogP) is 9.44. The van der Waals surface area contributed by atoms with Gasteiger partial charge in [0.05, 0.1) is 0 Å². The Hall–Kier alpha value is -1.55. The van der Waals surface area contributed by atoms with E-state index in [0.29, 0.717) is 11.2 Å². The van der Waals surface area contributed by atoms with Crippen LogP contribution < -0.4 is 0 Å². The zero-order valence-corrected chi connectivity index (χ0v) is 21.3. The van der Waals surface area contributed by atoms with Crippen molar-refractivity contribution in [2.24, 2.45) is 5.92 Å². The van der Waals surface area contributed by atoms with Crippen LogP contribution in [0.15, 0.2) is 117 Å². The lowest BCUT2D eigenvalue weighted by atomic mass is 9.96. The first kappa shape index (κ1) is 24.1. The number of hydrogen-bond acceptors (Lipinski definition) is 3. The highest BCUT2D eigenvalue weighted by molar-refractivity contribution is 8.05. The zero-order chi connectivity index (χ0) is 22.1. The van der Waals surface area contributed by atoms with Gasteiger partial charge in [0.15, 0.2) is 0 Å². The van der Waals surface area contributed by atoms with Crippen molar-refractivity contribution in [1.29, 1.82) is 0 Å². The maximum Gasteiger partial charge on any atom is 0.0311 e. The molecule has 3 heteroatoms. The Labute approximate surface area is 201 Å². The molecule has 0 aliphatic carbocycles. The van der Waals surface area contributed by atoms with Gasteiger partial charge in [0.1, 0.15) is 0 Å². The maximum absolute atomic E-state index is 2.42. The Morgan fingerprint density at radius 1 is 0.774 bits per heavy atom. The van der Waals surface area contributed by atoms with Crippen LogP contribution in [0.3, 0.4) is 0 Å². The first-order chi connectivity index (χ1) is 15.0. The topological polar surface area (TPSA) is 0 Å². The summed E-state index contributed by atoms with van der Waals surface area (Å²) < 4.78 is 0.0470. The van der Waals surface area contributed by atoms with Gasteiger partial charge >= 0.3 is 0 Å². The third-order valence-electron chi connectivity index (χ3n) is 5.10. The maximum atomic E-state index is 2.42. The SMILES string of the molecule is CC/C=C(\Sc1ccccc1)[C@H](C)[C@@H](Sc1ccccc1)C(C)(C)Sc1ccccc1. The van der Waals surface area contributed by atoms with Crippen LogP contribution in [0.1, 0.15) is 34.1 Å². The number of allylic oxidation sites excluding steroid dienone is 2. The lowest BCUT2D eigenvalue weighted by Gasteiger charge is -2.38. The normalized spacial score (nSPS) is 14.3. The molecule has 0 nitrogen and oxygen atoms in total. The minimum Gasteiger partial charge on any atom is -0.121 e. The minimum atomic E-state index is 0.0470. The molecular formula is C28H32S3. The molecule has 3 aromatic carbocycles. The van der Waals surface area contributed by atoms with Crippen LogP contribution in [0, 0.1) is 5.92 Å². The Bertz CT molecular complexity index is 934. The second kappa shape index (κ2) is 11.9. The van der Waals surface area contributed by atoms with Gasteiger partial charge in [0, 0.05) is 30.6 Å². The van der Waals surface area contributed by atoms with E-state index in [1.807, 2.05) is 35.3 Å². The van der Waals surface area contributed by atoms with Crippen LogP contribution in [0.5, 0.6) is 0 Å². The molecule has 0 N–H and O–H groups in total. The number of rotatable bonds is 10. The molecule has 2 atom stereocenters. The standard InChI is InChI=1S/C28H32S3/c1-5-15-26(29-23-16-9-6-10-17-23)22(2)27(30-24-18-11-7-12-19-24)28(3,4)31-25-20-13-8-14-21-25/h6-22,27H,5H2,1-4H3/b26-15-/t22-,27+/m0/s1. The van der Waals surface area contributed by atoms with Crippen molar-refractivity contribution in [3.8, 4) is 0 Å². The van der Waals surface area contributed by atoms with Crippen LogP contribution in [-0.4, -0.2) is 10.00 Å². The fraction of sp³-hybridized carbons (Fsp3) is 0.286. The molecule has 162 valence electrons. The van der Waals surface area contributed by atoms with Crippen molar-refractivity contribution < 1.29 is 0 Å². The molecule has 0 fully saturated rings.